The van der Waals surface area contributed by atoms with Gasteiger partial charge < -0.3 is 11.1 Å². The largest absolute Gasteiger partial charge is 0.333 e. The van der Waals surface area contributed by atoms with E-state index in [4.69, 9.17) is 0 Å². The first-order valence-corrected chi connectivity index (χ1v) is 7.96. The fourth-order valence-electron chi connectivity index (χ4n) is 2.85. The van der Waals surface area contributed by atoms with Crippen LogP contribution in [0.4, 0.5) is 5.00 Å². The fraction of sp³-hybridized carbons (Fsp3) is 0.353. The highest BCUT2D eigenvalue weighted by Gasteiger charge is 2.23. The van der Waals surface area contributed by atoms with Crippen LogP contribution in [0.15, 0.2) is 18.2 Å². The van der Waals surface area contributed by atoms with Gasteiger partial charge in [-0.3, -0.25) is 4.79 Å². The van der Waals surface area contributed by atoms with Crippen LogP contribution in [-0.2, 0) is 17.6 Å². The van der Waals surface area contributed by atoms with Gasteiger partial charge in [-0.25, -0.2) is 0 Å². The van der Waals surface area contributed by atoms with Crippen LogP contribution in [0.25, 0.3) is 10.4 Å². The van der Waals surface area contributed by atoms with Crippen molar-refractivity contribution < 1.29 is 4.79 Å². The van der Waals surface area contributed by atoms with E-state index in [-0.39, 0.29) is 5.91 Å². The Morgan fingerprint density at radius 2 is 1.95 bits per heavy atom. The molecule has 0 atom stereocenters. The minimum atomic E-state index is 0.00621. The summed E-state index contributed by atoms with van der Waals surface area (Å²) in [7, 11) is 1.50. The molecular weight excluding hydrogens is 280 g/mol. The zero-order chi connectivity index (χ0) is 15.6. The average Bonchev–Trinajstić information content (AvgIpc) is 2.77. The first-order chi connectivity index (χ1) is 10.1. The van der Waals surface area contributed by atoms with Gasteiger partial charge in [0.1, 0.15) is 0 Å². The second-order valence-electron chi connectivity index (χ2n) is 5.15. The molecule has 0 spiro atoms. The Kier molecular flexibility index (Phi) is 4.80. The highest BCUT2D eigenvalue weighted by molar-refractivity contribution is 7.20. The molecule has 1 heterocycles. The van der Waals surface area contributed by atoms with E-state index in [1.807, 2.05) is 0 Å². The molecule has 1 aromatic carbocycles. The summed E-state index contributed by atoms with van der Waals surface area (Å²) in [6.07, 6.45) is 2.18. The van der Waals surface area contributed by atoms with Crippen LogP contribution in [0, 0.1) is 13.8 Å². The highest BCUT2D eigenvalue weighted by Crippen LogP contribution is 2.45. The number of thiophene rings is 1. The maximum atomic E-state index is 11.3. The Hall–Kier alpha value is -1.65. The van der Waals surface area contributed by atoms with Crippen LogP contribution >= 0.6 is 11.3 Å². The lowest BCUT2D eigenvalue weighted by Gasteiger charge is -2.18. The number of rotatable bonds is 1. The SMILES string of the molecule is CC(=O)Nc1sc2c(c1C)CCc1cccc(C)c1-2.CN. The lowest BCUT2D eigenvalue weighted by molar-refractivity contribution is -0.114. The smallest absolute Gasteiger partial charge is 0.221 e. The van der Waals surface area contributed by atoms with E-state index >= 15 is 0 Å². The number of benzene rings is 1. The molecule has 2 aromatic rings. The molecular formula is C17H22N2OS. The number of aryl methyl sites for hydroxylation is 2. The normalized spacial score (nSPS) is 11.9. The molecule has 0 aliphatic heterocycles. The molecule has 0 radical (unpaired) electrons. The molecule has 3 rings (SSSR count). The third kappa shape index (κ3) is 2.87. The molecule has 1 amide bonds. The summed E-state index contributed by atoms with van der Waals surface area (Å²) in [4.78, 5) is 12.6. The van der Waals surface area contributed by atoms with Crippen molar-refractivity contribution in [2.24, 2.45) is 5.73 Å². The molecule has 0 saturated heterocycles. The van der Waals surface area contributed by atoms with Crippen molar-refractivity contribution in [3.8, 4) is 10.4 Å². The molecule has 0 fully saturated rings. The van der Waals surface area contributed by atoms with Crippen molar-refractivity contribution in [2.45, 2.75) is 33.6 Å². The molecule has 0 bridgehead atoms. The first kappa shape index (κ1) is 15.7. The van der Waals surface area contributed by atoms with Gasteiger partial charge in [0.2, 0.25) is 5.91 Å². The predicted molar refractivity (Wildman–Crippen MR) is 91.1 cm³/mol. The summed E-state index contributed by atoms with van der Waals surface area (Å²) in [6.45, 7) is 5.85. The first-order valence-electron chi connectivity index (χ1n) is 7.14. The van der Waals surface area contributed by atoms with E-state index in [0.29, 0.717) is 0 Å². The number of fused-ring (bicyclic) bond motifs is 3. The van der Waals surface area contributed by atoms with Gasteiger partial charge in [-0.1, -0.05) is 18.2 Å². The molecule has 3 N–H and O–H groups in total. The van der Waals surface area contributed by atoms with E-state index in [9.17, 15) is 4.79 Å². The molecule has 4 heteroatoms. The number of carbonyl (C=O) groups excluding carboxylic acids is 1. The Bertz CT molecular complexity index is 674. The van der Waals surface area contributed by atoms with Gasteiger partial charge in [0.25, 0.3) is 0 Å². The Morgan fingerprint density at radius 1 is 1.24 bits per heavy atom. The van der Waals surface area contributed by atoms with Crippen LogP contribution in [0.1, 0.15) is 29.2 Å². The number of hydrogen-bond donors (Lipinski definition) is 2. The second kappa shape index (κ2) is 6.41. The summed E-state index contributed by atoms with van der Waals surface area (Å²) >= 11 is 1.72. The van der Waals surface area contributed by atoms with Gasteiger partial charge >= 0.3 is 0 Å². The van der Waals surface area contributed by atoms with Gasteiger partial charge in [0.15, 0.2) is 0 Å². The van der Waals surface area contributed by atoms with Crippen LogP contribution < -0.4 is 11.1 Å². The van der Waals surface area contributed by atoms with Gasteiger partial charge in [-0.15, -0.1) is 11.3 Å². The number of carbonyl (C=O) groups is 1. The highest BCUT2D eigenvalue weighted by atomic mass is 32.1. The third-order valence-corrected chi connectivity index (χ3v) is 5.06. The Balaban J connectivity index is 0.000000774. The number of nitrogens with two attached hydrogens (primary N) is 1. The zero-order valence-corrected chi connectivity index (χ0v) is 13.9. The molecule has 1 aromatic heterocycles. The van der Waals surface area contributed by atoms with Crippen LogP contribution in [0.5, 0.6) is 0 Å². The van der Waals surface area contributed by atoms with Crippen molar-refractivity contribution in [3.63, 3.8) is 0 Å². The lowest BCUT2D eigenvalue weighted by Crippen LogP contribution is -2.06. The molecule has 1 aliphatic rings. The fourth-order valence-corrected chi connectivity index (χ4v) is 4.30. The predicted octanol–water partition coefficient (Wildman–Crippen LogP) is 3.66. The minimum absolute atomic E-state index is 0.00621. The average molecular weight is 302 g/mol. The molecule has 21 heavy (non-hydrogen) atoms. The van der Waals surface area contributed by atoms with E-state index in [1.54, 1.807) is 18.3 Å². The molecule has 0 unspecified atom stereocenters. The number of anilines is 1. The summed E-state index contributed by atoms with van der Waals surface area (Å²) in [6, 6.07) is 6.52. The van der Waals surface area contributed by atoms with Crippen molar-refractivity contribution in [3.05, 3.63) is 40.5 Å². The summed E-state index contributed by atoms with van der Waals surface area (Å²) in [5.41, 5.74) is 11.3. The summed E-state index contributed by atoms with van der Waals surface area (Å²) in [5.74, 6) is 0.00621. The number of hydrogen-bond acceptors (Lipinski definition) is 3. The van der Waals surface area contributed by atoms with Crippen molar-refractivity contribution in [1.29, 1.82) is 0 Å². The van der Waals surface area contributed by atoms with Gasteiger partial charge in [-0.05, 0) is 61.6 Å². The van der Waals surface area contributed by atoms with Crippen LogP contribution in [0.2, 0.25) is 0 Å². The van der Waals surface area contributed by atoms with E-state index < -0.39 is 0 Å². The van der Waals surface area contributed by atoms with Gasteiger partial charge in [-0.2, -0.15) is 0 Å². The summed E-state index contributed by atoms with van der Waals surface area (Å²) in [5, 5.41) is 3.97. The van der Waals surface area contributed by atoms with Crippen molar-refractivity contribution in [2.75, 3.05) is 12.4 Å². The second-order valence-corrected chi connectivity index (χ2v) is 6.17. The zero-order valence-electron chi connectivity index (χ0n) is 13.0. The van der Waals surface area contributed by atoms with E-state index in [0.717, 1.165) is 17.8 Å². The molecule has 112 valence electrons. The lowest BCUT2D eigenvalue weighted by atomic mass is 9.87. The van der Waals surface area contributed by atoms with Crippen LogP contribution in [-0.4, -0.2) is 13.0 Å². The maximum absolute atomic E-state index is 11.3. The quantitative estimate of drug-likeness (QED) is 0.844. The van der Waals surface area contributed by atoms with Crippen molar-refractivity contribution >= 4 is 22.2 Å². The molecule has 3 nitrogen and oxygen atoms in total. The third-order valence-electron chi connectivity index (χ3n) is 3.79. The van der Waals surface area contributed by atoms with E-state index in [2.05, 4.69) is 43.1 Å². The maximum Gasteiger partial charge on any atom is 0.221 e. The molecule has 0 saturated carbocycles. The standard InChI is InChI=1S/C16H17NOS.CH5N/c1-9-5-4-6-12-7-8-13-10(2)16(17-11(3)18)19-15(13)14(9)12;1-2/h4-6H,7-8H2,1-3H3,(H,17,18);2H2,1H3. The van der Waals surface area contributed by atoms with Crippen molar-refractivity contribution in [1.82, 2.24) is 0 Å². The molecule has 1 aliphatic carbocycles. The monoisotopic (exact) mass is 302 g/mol. The Morgan fingerprint density at radius 3 is 2.62 bits per heavy atom. The van der Waals surface area contributed by atoms with Gasteiger partial charge in [0, 0.05) is 11.8 Å². The number of amides is 1. The topological polar surface area (TPSA) is 55.1 Å². The minimum Gasteiger partial charge on any atom is -0.333 e. The van der Waals surface area contributed by atoms with E-state index in [1.165, 1.54) is 39.7 Å². The number of nitrogens with one attached hydrogen (secondary N) is 1. The summed E-state index contributed by atoms with van der Waals surface area (Å²) < 4.78 is 0. The van der Waals surface area contributed by atoms with Crippen LogP contribution in [0.3, 0.4) is 0 Å². The van der Waals surface area contributed by atoms with Gasteiger partial charge in [0.05, 0.1) is 5.00 Å². The Labute approximate surface area is 130 Å².